The van der Waals surface area contributed by atoms with E-state index in [1.807, 2.05) is 12.1 Å². The van der Waals surface area contributed by atoms with Gasteiger partial charge in [-0.05, 0) is 74.2 Å². The molecule has 0 spiro atoms. The Labute approximate surface area is 168 Å². The Bertz CT molecular complexity index is 856. The van der Waals surface area contributed by atoms with E-state index >= 15 is 0 Å². The summed E-state index contributed by atoms with van der Waals surface area (Å²) in [7, 11) is -0.0712. The molecule has 0 N–H and O–H groups in total. The predicted molar refractivity (Wildman–Crippen MR) is 111 cm³/mol. The number of nitrogens with zero attached hydrogens (tertiary/aromatic N) is 1. The van der Waals surface area contributed by atoms with Crippen molar-refractivity contribution in [1.82, 2.24) is 4.90 Å². The smallest absolute Gasteiger partial charge is 0.179 e. The van der Waals surface area contributed by atoms with E-state index in [1.54, 1.807) is 38.5 Å². The molecule has 152 valence electrons. The Balaban J connectivity index is 1.47. The lowest BCUT2D eigenvalue weighted by atomic mass is 9.90. The molecule has 0 unspecified atom stereocenters. The molecule has 1 saturated heterocycles. The molecule has 1 aliphatic rings. The third-order valence-corrected chi connectivity index (χ3v) is 7.16. The molecule has 1 aliphatic heterocycles. The first-order chi connectivity index (χ1) is 13.5. The number of rotatable bonds is 8. The van der Waals surface area contributed by atoms with Gasteiger partial charge in [-0.3, -0.25) is 0 Å². The van der Waals surface area contributed by atoms with Gasteiger partial charge in [0, 0.05) is 6.54 Å². The molecule has 3 rings (SSSR count). The number of ether oxygens (including phenoxy) is 2. The summed E-state index contributed by atoms with van der Waals surface area (Å²) in [5, 5.41) is 0. The maximum absolute atomic E-state index is 12.6. The second kappa shape index (κ2) is 9.43. The van der Waals surface area contributed by atoms with E-state index in [-0.39, 0.29) is 5.75 Å². The van der Waals surface area contributed by atoms with Crippen molar-refractivity contribution in [3.8, 4) is 11.5 Å². The van der Waals surface area contributed by atoms with E-state index in [1.165, 1.54) is 5.56 Å². The first kappa shape index (κ1) is 20.7. The van der Waals surface area contributed by atoms with E-state index in [0.29, 0.717) is 23.1 Å². The molecule has 2 aromatic carbocycles. The molecule has 1 heterocycles. The summed E-state index contributed by atoms with van der Waals surface area (Å²) in [4.78, 5) is 2.60. The van der Waals surface area contributed by atoms with Gasteiger partial charge in [-0.1, -0.05) is 18.2 Å². The maximum Gasteiger partial charge on any atom is 0.179 e. The van der Waals surface area contributed by atoms with Gasteiger partial charge in [-0.25, -0.2) is 8.42 Å². The van der Waals surface area contributed by atoms with Gasteiger partial charge in [-0.2, -0.15) is 0 Å². The molecule has 1 fully saturated rings. The highest BCUT2D eigenvalue weighted by atomic mass is 32.2. The number of hydrogen-bond acceptors (Lipinski definition) is 5. The average molecular weight is 404 g/mol. The normalized spacial score (nSPS) is 16.1. The predicted octanol–water partition coefficient (Wildman–Crippen LogP) is 3.43. The topological polar surface area (TPSA) is 55.8 Å². The summed E-state index contributed by atoms with van der Waals surface area (Å²) in [5.74, 6) is 2.25. The fourth-order valence-corrected chi connectivity index (χ4v) is 4.99. The van der Waals surface area contributed by atoms with Crippen LogP contribution in [0.1, 0.15) is 18.4 Å². The highest BCUT2D eigenvalue weighted by Gasteiger charge is 2.22. The van der Waals surface area contributed by atoms with Crippen molar-refractivity contribution in [2.45, 2.75) is 24.2 Å². The number of benzene rings is 2. The van der Waals surface area contributed by atoms with Crippen LogP contribution >= 0.6 is 0 Å². The van der Waals surface area contributed by atoms with Crippen LogP contribution in [0.15, 0.2) is 53.4 Å². The molecular formula is C22H29NO4S. The molecule has 0 atom stereocenters. The molecule has 2 aromatic rings. The number of piperidine rings is 1. The first-order valence-corrected chi connectivity index (χ1v) is 11.4. The quantitative estimate of drug-likeness (QED) is 0.676. The molecule has 28 heavy (non-hydrogen) atoms. The van der Waals surface area contributed by atoms with Crippen LogP contribution in [-0.4, -0.2) is 52.9 Å². The number of methoxy groups -OCH3 is 2. The monoisotopic (exact) mass is 403 g/mol. The summed E-state index contributed by atoms with van der Waals surface area (Å²) in [6.45, 7) is 2.48. The molecule has 0 bridgehead atoms. The Hall–Kier alpha value is -2.05. The second-order valence-corrected chi connectivity index (χ2v) is 9.44. The SMILES string of the molecule is COc1ccc(CC2CCN(CCS(=O)(=O)c3cccc(OC)c3)CC2)cc1. The van der Waals surface area contributed by atoms with E-state index < -0.39 is 9.84 Å². The Morgan fingerprint density at radius 2 is 1.64 bits per heavy atom. The van der Waals surface area contributed by atoms with Crippen LogP contribution < -0.4 is 9.47 Å². The summed E-state index contributed by atoms with van der Waals surface area (Å²) < 4.78 is 35.6. The van der Waals surface area contributed by atoms with E-state index in [4.69, 9.17) is 9.47 Å². The minimum absolute atomic E-state index is 0.142. The Morgan fingerprint density at radius 1 is 0.964 bits per heavy atom. The van der Waals surface area contributed by atoms with Gasteiger partial charge in [-0.15, -0.1) is 0 Å². The van der Waals surface area contributed by atoms with Crippen molar-refractivity contribution in [2.24, 2.45) is 5.92 Å². The molecular weight excluding hydrogens is 374 g/mol. The van der Waals surface area contributed by atoms with E-state index in [0.717, 1.165) is 38.1 Å². The second-order valence-electron chi connectivity index (χ2n) is 7.34. The lowest BCUT2D eigenvalue weighted by Gasteiger charge is -2.32. The highest BCUT2D eigenvalue weighted by Crippen LogP contribution is 2.24. The zero-order valence-corrected chi connectivity index (χ0v) is 17.5. The van der Waals surface area contributed by atoms with Crippen molar-refractivity contribution in [1.29, 1.82) is 0 Å². The minimum atomic E-state index is -3.29. The Morgan fingerprint density at radius 3 is 2.29 bits per heavy atom. The Kier molecular flexibility index (Phi) is 6.97. The lowest BCUT2D eigenvalue weighted by molar-refractivity contribution is 0.193. The summed E-state index contributed by atoms with van der Waals surface area (Å²) >= 11 is 0. The third kappa shape index (κ3) is 5.49. The van der Waals surface area contributed by atoms with Crippen LogP contribution in [0.2, 0.25) is 0 Å². The largest absolute Gasteiger partial charge is 0.497 e. The van der Waals surface area contributed by atoms with Crippen LogP contribution in [0, 0.1) is 5.92 Å². The summed E-state index contributed by atoms with van der Waals surface area (Å²) in [5.41, 5.74) is 1.33. The van der Waals surface area contributed by atoms with Crippen LogP contribution in [-0.2, 0) is 16.3 Å². The molecule has 6 heteroatoms. The zero-order valence-electron chi connectivity index (χ0n) is 16.6. The maximum atomic E-state index is 12.6. The van der Waals surface area contributed by atoms with Crippen molar-refractivity contribution in [3.05, 3.63) is 54.1 Å². The van der Waals surface area contributed by atoms with Crippen molar-refractivity contribution in [3.63, 3.8) is 0 Å². The molecule has 0 saturated carbocycles. The molecule has 0 aromatic heterocycles. The van der Waals surface area contributed by atoms with Gasteiger partial charge in [0.1, 0.15) is 11.5 Å². The highest BCUT2D eigenvalue weighted by molar-refractivity contribution is 7.91. The zero-order chi connectivity index (χ0) is 20.0. The van der Waals surface area contributed by atoms with Crippen molar-refractivity contribution < 1.29 is 17.9 Å². The summed E-state index contributed by atoms with van der Waals surface area (Å²) in [6, 6.07) is 15.0. The summed E-state index contributed by atoms with van der Waals surface area (Å²) in [6.07, 6.45) is 3.27. The van der Waals surface area contributed by atoms with Gasteiger partial charge in [0.25, 0.3) is 0 Å². The van der Waals surface area contributed by atoms with Crippen LogP contribution in [0.25, 0.3) is 0 Å². The first-order valence-electron chi connectivity index (χ1n) is 9.72. The van der Waals surface area contributed by atoms with Crippen LogP contribution in [0.5, 0.6) is 11.5 Å². The lowest BCUT2D eigenvalue weighted by Crippen LogP contribution is -2.37. The third-order valence-electron chi connectivity index (χ3n) is 5.47. The fraction of sp³-hybridized carbons (Fsp3) is 0.455. The van der Waals surface area contributed by atoms with Gasteiger partial charge >= 0.3 is 0 Å². The number of sulfone groups is 1. The fourth-order valence-electron chi connectivity index (χ4n) is 3.67. The van der Waals surface area contributed by atoms with Gasteiger partial charge in [0.15, 0.2) is 9.84 Å². The molecule has 0 amide bonds. The molecule has 0 radical (unpaired) electrons. The standard InChI is InChI=1S/C22H29NO4S/c1-26-20-8-6-18(7-9-20)16-19-10-12-23(13-11-19)14-15-28(24,25)22-5-3-4-21(17-22)27-2/h3-9,17,19H,10-16H2,1-2H3. The molecule has 0 aliphatic carbocycles. The van der Waals surface area contributed by atoms with Crippen molar-refractivity contribution in [2.75, 3.05) is 39.6 Å². The van der Waals surface area contributed by atoms with E-state index in [2.05, 4.69) is 17.0 Å². The van der Waals surface area contributed by atoms with Crippen LogP contribution in [0.4, 0.5) is 0 Å². The van der Waals surface area contributed by atoms with Gasteiger partial charge in [0.05, 0.1) is 24.9 Å². The van der Waals surface area contributed by atoms with Gasteiger partial charge < -0.3 is 14.4 Å². The minimum Gasteiger partial charge on any atom is -0.497 e. The average Bonchev–Trinajstić information content (AvgIpc) is 2.74. The van der Waals surface area contributed by atoms with Gasteiger partial charge in [0.2, 0.25) is 0 Å². The van der Waals surface area contributed by atoms with E-state index in [9.17, 15) is 8.42 Å². The van der Waals surface area contributed by atoms with Crippen molar-refractivity contribution >= 4 is 9.84 Å². The number of hydrogen-bond donors (Lipinski definition) is 0. The molecule has 5 nitrogen and oxygen atoms in total. The number of likely N-dealkylation sites (tertiary alicyclic amines) is 1. The van der Waals surface area contributed by atoms with Crippen LogP contribution in [0.3, 0.4) is 0 Å².